The summed E-state index contributed by atoms with van der Waals surface area (Å²) in [6.07, 6.45) is 0.496. The largest absolute Gasteiger partial charge is 0.494 e. The fraction of sp³-hybridized carbons (Fsp3) is 0.455. The Hall–Kier alpha value is -1.16. The van der Waals surface area contributed by atoms with Gasteiger partial charge in [-0.2, -0.15) is 4.39 Å². The van der Waals surface area contributed by atoms with Gasteiger partial charge in [-0.05, 0) is 24.1 Å². The lowest BCUT2D eigenvalue weighted by molar-refractivity contribution is 0.165. The average molecular weight is 216 g/mol. The van der Waals surface area contributed by atoms with E-state index in [0.29, 0.717) is 12.0 Å². The van der Waals surface area contributed by atoms with Crippen LogP contribution in [0.3, 0.4) is 0 Å². The van der Waals surface area contributed by atoms with Gasteiger partial charge in [-0.25, -0.2) is 4.39 Å². The van der Waals surface area contributed by atoms with Crippen molar-refractivity contribution in [1.82, 2.24) is 0 Å². The van der Waals surface area contributed by atoms with Crippen molar-refractivity contribution in [3.05, 3.63) is 29.3 Å². The van der Waals surface area contributed by atoms with Crippen LogP contribution in [0.15, 0.2) is 12.1 Å². The van der Waals surface area contributed by atoms with Crippen LogP contribution in [0.25, 0.3) is 0 Å². The van der Waals surface area contributed by atoms with Crippen molar-refractivity contribution in [3.63, 3.8) is 0 Å². The number of aliphatic hydroxyl groups excluding tert-OH is 1. The maximum absolute atomic E-state index is 13.1. The molecule has 1 atom stereocenters. The molecule has 0 aliphatic heterocycles. The van der Waals surface area contributed by atoms with Gasteiger partial charge in [0.2, 0.25) is 5.82 Å². The summed E-state index contributed by atoms with van der Waals surface area (Å²) in [6, 6.07) is 2.32. The molecule has 1 rings (SSSR count). The van der Waals surface area contributed by atoms with Crippen molar-refractivity contribution in [3.8, 4) is 5.75 Å². The number of benzene rings is 1. The topological polar surface area (TPSA) is 29.5 Å². The zero-order valence-corrected chi connectivity index (χ0v) is 8.76. The maximum atomic E-state index is 13.1. The van der Waals surface area contributed by atoms with Gasteiger partial charge in [0, 0.05) is 0 Å². The highest BCUT2D eigenvalue weighted by Gasteiger charge is 2.15. The van der Waals surface area contributed by atoms with Crippen LogP contribution in [-0.4, -0.2) is 12.2 Å². The highest BCUT2D eigenvalue weighted by Crippen LogP contribution is 2.27. The molecule has 0 heterocycles. The van der Waals surface area contributed by atoms with E-state index in [1.165, 1.54) is 13.2 Å². The highest BCUT2D eigenvalue weighted by atomic mass is 19.2. The minimum atomic E-state index is -1.02. The molecule has 0 aromatic heterocycles. The molecule has 4 heteroatoms. The Bertz CT molecular complexity index is 340. The van der Waals surface area contributed by atoms with E-state index in [2.05, 4.69) is 4.74 Å². The summed E-state index contributed by atoms with van der Waals surface area (Å²) in [7, 11) is 1.26. The summed E-state index contributed by atoms with van der Waals surface area (Å²) in [5, 5.41) is 9.61. The Morgan fingerprint density at radius 3 is 2.60 bits per heavy atom. The second-order valence-corrected chi connectivity index (χ2v) is 3.32. The SMILES string of the molecule is CCC[C@H](O)c1cc(F)c(F)c(OC)c1. The van der Waals surface area contributed by atoms with Gasteiger partial charge < -0.3 is 9.84 Å². The van der Waals surface area contributed by atoms with Crippen LogP contribution < -0.4 is 4.74 Å². The number of rotatable bonds is 4. The third kappa shape index (κ3) is 2.65. The van der Waals surface area contributed by atoms with Gasteiger partial charge in [0.05, 0.1) is 13.2 Å². The first kappa shape index (κ1) is 11.9. The van der Waals surface area contributed by atoms with Crippen LogP contribution in [0.2, 0.25) is 0 Å². The van der Waals surface area contributed by atoms with E-state index in [4.69, 9.17) is 0 Å². The van der Waals surface area contributed by atoms with E-state index in [0.717, 1.165) is 12.5 Å². The van der Waals surface area contributed by atoms with Crippen molar-refractivity contribution in [2.24, 2.45) is 0 Å². The summed E-state index contributed by atoms with van der Waals surface area (Å²) < 4.78 is 30.8. The van der Waals surface area contributed by atoms with Gasteiger partial charge in [0.15, 0.2) is 11.6 Å². The lowest BCUT2D eigenvalue weighted by atomic mass is 10.0. The Morgan fingerprint density at radius 1 is 1.40 bits per heavy atom. The summed E-state index contributed by atoms with van der Waals surface area (Å²) in [5.74, 6) is -2.20. The molecule has 0 amide bonds. The fourth-order valence-electron chi connectivity index (χ4n) is 1.36. The minimum absolute atomic E-state index is 0.180. The average Bonchev–Trinajstić information content (AvgIpc) is 2.22. The van der Waals surface area contributed by atoms with E-state index in [9.17, 15) is 13.9 Å². The number of hydrogen-bond acceptors (Lipinski definition) is 2. The molecule has 0 unspecified atom stereocenters. The van der Waals surface area contributed by atoms with Crippen LogP contribution in [0.1, 0.15) is 31.4 Å². The lowest BCUT2D eigenvalue weighted by Gasteiger charge is -2.12. The Balaban J connectivity index is 3.05. The number of aliphatic hydroxyl groups is 1. The molecular formula is C11H14F2O2. The standard InChI is InChI=1S/C11H14F2O2/c1-3-4-9(14)7-5-8(12)11(13)10(6-7)15-2/h5-6,9,14H,3-4H2,1-2H3/t9-/m0/s1. The van der Waals surface area contributed by atoms with Crippen molar-refractivity contribution in [1.29, 1.82) is 0 Å². The second-order valence-electron chi connectivity index (χ2n) is 3.32. The molecule has 0 aliphatic carbocycles. The predicted molar refractivity (Wildman–Crippen MR) is 52.8 cm³/mol. The van der Waals surface area contributed by atoms with Crippen LogP contribution in [0.5, 0.6) is 5.75 Å². The molecule has 0 fully saturated rings. The van der Waals surface area contributed by atoms with E-state index in [1.54, 1.807) is 0 Å². The van der Waals surface area contributed by atoms with Gasteiger partial charge in [-0.15, -0.1) is 0 Å². The smallest absolute Gasteiger partial charge is 0.200 e. The molecule has 0 saturated carbocycles. The van der Waals surface area contributed by atoms with Gasteiger partial charge >= 0.3 is 0 Å². The van der Waals surface area contributed by atoms with Gasteiger partial charge in [0.1, 0.15) is 0 Å². The van der Waals surface area contributed by atoms with Crippen molar-refractivity contribution >= 4 is 0 Å². The molecule has 15 heavy (non-hydrogen) atoms. The molecule has 1 aromatic carbocycles. The number of ether oxygens (including phenoxy) is 1. The van der Waals surface area contributed by atoms with Crippen LogP contribution in [0.4, 0.5) is 8.78 Å². The van der Waals surface area contributed by atoms with Crippen LogP contribution in [-0.2, 0) is 0 Å². The zero-order valence-electron chi connectivity index (χ0n) is 8.76. The second kappa shape index (κ2) is 5.07. The molecule has 2 nitrogen and oxygen atoms in total. The van der Waals surface area contributed by atoms with E-state index in [-0.39, 0.29) is 5.75 Å². The molecule has 84 valence electrons. The predicted octanol–water partition coefficient (Wildman–Crippen LogP) is 2.81. The zero-order chi connectivity index (χ0) is 11.4. The summed E-state index contributed by atoms with van der Waals surface area (Å²) >= 11 is 0. The quantitative estimate of drug-likeness (QED) is 0.838. The van der Waals surface area contributed by atoms with Crippen molar-refractivity contribution in [2.75, 3.05) is 7.11 Å². The van der Waals surface area contributed by atoms with Crippen LogP contribution >= 0.6 is 0 Å². The van der Waals surface area contributed by atoms with E-state index >= 15 is 0 Å². The Kier molecular flexibility index (Phi) is 4.03. The first-order valence-corrected chi connectivity index (χ1v) is 4.81. The Labute approximate surface area is 87.5 Å². The summed E-state index contributed by atoms with van der Waals surface area (Å²) in [5.41, 5.74) is 0.340. The third-order valence-corrected chi connectivity index (χ3v) is 2.18. The molecule has 0 radical (unpaired) electrons. The fourth-order valence-corrected chi connectivity index (χ4v) is 1.36. The molecule has 1 N–H and O–H groups in total. The number of halogens is 2. The highest BCUT2D eigenvalue weighted by molar-refractivity contribution is 5.32. The van der Waals surface area contributed by atoms with Crippen LogP contribution in [0, 0.1) is 11.6 Å². The maximum Gasteiger partial charge on any atom is 0.200 e. The molecule has 0 aliphatic rings. The van der Waals surface area contributed by atoms with Gasteiger partial charge in [0.25, 0.3) is 0 Å². The molecule has 0 bridgehead atoms. The van der Waals surface area contributed by atoms with Gasteiger partial charge in [-0.3, -0.25) is 0 Å². The minimum Gasteiger partial charge on any atom is -0.494 e. The van der Waals surface area contributed by atoms with E-state index in [1.807, 2.05) is 6.92 Å². The molecular weight excluding hydrogens is 202 g/mol. The monoisotopic (exact) mass is 216 g/mol. The van der Waals surface area contributed by atoms with E-state index < -0.39 is 17.7 Å². The molecule has 0 spiro atoms. The lowest BCUT2D eigenvalue weighted by Crippen LogP contribution is -2.01. The summed E-state index contributed by atoms with van der Waals surface area (Å²) in [4.78, 5) is 0. The molecule has 0 saturated heterocycles. The summed E-state index contributed by atoms with van der Waals surface area (Å²) in [6.45, 7) is 1.90. The van der Waals surface area contributed by atoms with Crippen molar-refractivity contribution < 1.29 is 18.6 Å². The van der Waals surface area contributed by atoms with Crippen molar-refractivity contribution in [2.45, 2.75) is 25.9 Å². The number of methoxy groups -OCH3 is 1. The normalized spacial score (nSPS) is 12.6. The molecule has 1 aromatic rings. The first-order valence-electron chi connectivity index (χ1n) is 4.81. The first-order chi connectivity index (χ1) is 7.10. The Morgan fingerprint density at radius 2 is 2.07 bits per heavy atom. The van der Waals surface area contributed by atoms with Gasteiger partial charge in [-0.1, -0.05) is 13.3 Å². The number of hydrogen-bond donors (Lipinski definition) is 1. The third-order valence-electron chi connectivity index (χ3n) is 2.18.